The van der Waals surface area contributed by atoms with E-state index in [0.29, 0.717) is 23.6 Å². The van der Waals surface area contributed by atoms with Crippen molar-refractivity contribution in [2.24, 2.45) is 0 Å². The predicted molar refractivity (Wildman–Crippen MR) is 53.4 cm³/mol. The number of imidazole rings is 1. The summed E-state index contributed by atoms with van der Waals surface area (Å²) in [5.74, 6) is -0.0355. The van der Waals surface area contributed by atoms with E-state index in [-0.39, 0.29) is 0 Å². The molecule has 2 heterocycles. The molecule has 0 aliphatic carbocycles. The molecular formula is C9H10N4O2. The minimum atomic E-state index is -0.421. The lowest BCUT2D eigenvalue weighted by atomic mass is 10.3. The lowest BCUT2D eigenvalue weighted by Crippen LogP contribution is -2.08. The van der Waals surface area contributed by atoms with E-state index in [1.54, 1.807) is 13.0 Å². The fourth-order valence-corrected chi connectivity index (χ4v) is 1.28. The van der Waals surface area contributed by atoms with Crippen molar-refractivity contribution in [2.45, 2.75) is 6.92 Å². The fraction of sp³-hybridized carbons (Fsp3) is 0.222. The summed E-state index contributed by atoms with van der Waals surface area (Å²) in [6.07, 6.45) is 2.93. The third-order valence-corrected chi connectivity index (χ3v) is 1.92. The molecule has 0 aromatic carbocycles. The number of hydrogen-bond acceptors (Lipinski definition) is 5. The number of carbonyl (C=O) groups is 1. The summed E-state index contributed by atoms with van der Waals surface area (Å²) in [6, 6.07) is 1.56. The summed E-state index contributed by atoms with van der Waals surface area (Å²) in [6.45, 7) is 2.07. The second-order valence-electron chi connectivity index (χ2n) is 2.88. The highest BCUT2D eigenvalue weighted by molar-refractivity contribution is 5.95. The molecule has 0 unspecified atom stereocenters. The van der Waals surface area contributed by atoms with Crippen LogP contribution in [0.4, 0.5) is 5.82 Å². The van der Waals surface area contributed by atoms with Crippen molar-refractivity contribution < 1.29 is 9.53 Å². The molecule has 78 valence electrons. The van der Waals surface area contributed by atoms with Gasteiger partial charge in [-0.2, -0.15) is 9.61 Å². The number of hydrogen-bond donors (Lipinski definition) is 1. The molecule has 0 bridgehead atoms. The van der Waals surface area contributed by atoms with Crippen molar-refractivity contribution in [2.75, 3.05) is 12.3 Å². The van der Waals surface area contributed by atoms with E-state index < -0.39 is 5.97 Å². The molecule has 2 aromatic rings. The van der Waals surface area contributed by atoms with Crippen LogP contribution in [0.3, 0.4) is 0 Å². The molecule has 0 saturated heterocycles. The van der Waals surface area contributed by atoms with Gasteiger partial charge in [-0.25, -0.2) is 9.78 Å². The molecule has 0 amide bonds. The third-order valence-electron chi connectivity index (χ3n) is 1.92. The van der Waals surface area contributed by atoms with Gasteiger partial charge in [-0.1, -0.05) is 0 Å². The average molecular weight is 206 g/mol. The number of nitrogen functional groups attached to an aromatic ring is 1. The summed E-state index contributed by atoms with van der Waals surface area (Å²) in [5, 5.41) is 3.97. The van der Waals surface area contributed by atoms with E-state index in [1.807, 2.05) is 0 Å². The zero-order valence-electron chi connectivity index (χ0n) is 8.17. The number of rotatable bonds is 2. The standard InChI is InChI=1S/C9H10N4O2/c1-2-15-9(14)6-3-4-12-13-7(10)5-11-8(6)13/h3-5H,2,10H2,1H3. The van der Waals surface area contributed by atoms with Crippen LogP contribution in [0.25, 0.3) is 5.65 Å². The number of esters is 1. The van der Waals surface area contributed by atoms with E-state index >= 15 is 0 Å². The van der Waals surface area contributed by atoms with Crippen LogP contribution < -0.4 is 5.73 Å². The van der Waals surface area contributed by atoms with Gasteiger partial charge in [0.25, 0.3) is 0 Å². The van der Waals surface area contributed by atoms with Gasteiger partial charge in [-0.15, -0.1) is 0 Å². The maximum absolute atomic E-state index is 11.5. The van der Waals surface area contributed by atoms with Crippen molar-refractivity contribution in [3.8, 4) is 0 Å². The van der Waals surface area contributed by atoms with Crippen molar-refractivity contribution in [1.82, 2.24) is 14.6 Å². The van der Waals surface area contributed by atoms with E-state index in [9.17, 15) is 4.79 Å². The SMILES string of the molecule is CCOC(=O)c1ccnn2c(N)cnc12. The average Bonchev–Trinajstić information content (AvgIpc) is 2.61. The van der Waals surface area contributed by atoms with Crippen LogP contribution >= 0.6 is 0 Å². The zero-order chi connectivity index (χ0) is 10.8. The van der Waals surface area contributed by atoms with E-state index in [1.165, 1.54) is 16.9 Å². The van der Waals surface area contributed by atoms with Gasteiger partial charge < -0.3 is 10.5 Å². The predicted octanol–water partition coefficient (Wildman–Crippen LogP) is 0.488. The van der Waals surface area contributed by atoms with Gasteiger partial charge in [0.05, 0.1) is 12.8 Å². The van der Waals surface area contributed by atoms with Crippen LogP contribution in [0.2, 0.25) is 0 Å². The molecule has 0 saturated carbocycles. The van der Waals surface area contributed by atoms with Gasteiger partial charge in [0.1, 0.15) is 11.4 Å². The Labute approximate surface area is 85.7 Å². The highest BCUT2D eigenvalue weighted by Gasteiger charge is 2.14. The van der Waals surface area contributed by atoms with Crippen LogP contribution in [-0.4, -0.2) is 27.2 Å². The molecule has 0 spiro atoms. The molecule has 15 heavy (non-hydrogen) atoms. The summed E-state index contributed by atoms with van der Waals surface area (Å²) >= 11 is 0. The van der Waals surface area contributed by atoms with Crippen molar-refractivity contribution in [3.05, 3.63) is 24.0 Å². The molecule has 0 aliphatic rings. The second-order valence-corrected chi connectivity index (χ2v) is 2.88. The van der Waals surface area contributed by atoms with E-state index in [2.05, 4.69) is 10.1 Å². The van der Waals surface area contributed by atoms with Gasteiger partial charge >= 0.3 is 5.97 Å². The number of anilines is 1. The minimum Gasteiger partial charge on any atom is -0.462 e. The van der Waals surface area contributed by atoms with Gasteiger partial charge in [0.2, 0.25) is 0 Å². The quantitative estimate of drug-likeness (QED) is 0.723. The maximum Gasteiger partial charge on any atom is 0.342 e. The Morgan fingerprint density at radius 2 is 2.47 bits per heavy atom. The Kier molecular flexibility index (Phi) is 2.24. The molecule has 0 radical (unpaired) electrons. The number of carbonyl (C=O) groups excluding carboxylic acids is 1. The number of nitrogens with zero attached hydrogens (tertiary/aromatic N) is 3. The Balaban J connectivity index is 2.56. The minimum absolute atomic E-state index is 0.323. The Bertz CT molecular complexity index is 506. The van der Waals surface area contributed by atoms with Gasteiger partial charge in [-0.05, 0) is 13.0 Å². The molecule has 2 N–H and O–H groups in total. The van der Waals surface area contributed by atoms with Crippen LogP contribution in [0.5, 0.6) is 0 Å². The molecule has 0 aliphatic heterocycles. The Hall–Kier alpha value is -2.11. The largest absolute Gasteiger partial charge is 0.462 e. The van der Waals surface area contributed by atoms with Crippen LogP contribution in [0, 0.1) is 0 Å². The van der Waals surface area contributed by atoms with Gasteiger partial charge in [0.15, 0.2) is 5.65 Å². The van der Waals surface area contributed by atoms with E-state index in [4.69, 9.17) is 10.5 Å². The molecule has 0 fully saturated rings. The van der Waals surface area contributed by atoms with Crippen molar-refractivity contribution >= 4 is 17.4 Å². The fourth-order valence-electron chi connectivity index (χ4n) is 1.28. The van der Waals surface area contributed by atoms with Crippen LogP contribution in [0.1, 0.15) is 17.3 Å². The van der Waals surface area contributed by atoms with Crippen molar-refractivity contribution in [3.63, 3.8) is 0 Å². The highest BCUT2D eigenvalue weighted by atomic mass is 16.5. The molecule has 6 heteroatoms. The Morgan fingerprint density at radius 1 is 1.67 bits per heavy atom. The number of fused-ring (bicyclic) bond motifs is 1. The van der Waals surface area contributed by atoms with E-state index in [0.717, 1.165) is 0 Å². The number of ether oxygens (including phenoxy) is 1. The third kappa shape index (κ3) is 1.50. The Morgan fingerprint density at radius 3 is 3.20 bits per heavy atom. The van der Waals surface area contributed by atoms with Gasteiger partial charge in [-0.3, -0.25) is 0 Å². The summed E-state index contributed by atoms with van der Waals surface area (Å²) in [5.41, 5.74) is 6.38. The molecule has 2 aromatic heterocycles. The summed E-state index contributed by atoms with van der Waals surface area (Å²) < 4.78 is 6.28. The highest BCUT2D eigenvalue weighted by Crippen LogP contribution is 2.12. The monoisotopic (exact) mass is 206 g/mol. The summed E-state index contributed by atoms with van der Waals surface area (Å²) in [7, 11) is 0. The molecule has 2 rings (SSSR count). The first-order valence-corrected chi connectivity index (χ1v) is 4.49. The summed E-state index contributed by atoms with van der Waals surface area (Å²) in [4.78, 5) is 15.5. The lowest BCUT2D eigenvalue weighted by molar-refractivity contribution is 0.0528. The normalized spacial score (nSPS) is 10.5. The first-order chi connectivity index (χ1) is 7.24. The molecule has 6 nitrogen and oxygen atoms in total. The van der Waals surface area contributed by atoms with Crippen LogP contribution in [-0.2, 0) is 4.74 Å². The van der Waals surface area contributed by atoms with Gasteiger partial charge in [0, 0.05) is 6.20 Å². The first kappa shape index (κ1) is 9.45. The molecular weight excluding hydrogens is 196 g/mol. The van der Waals surface area contributed by atoms with Crippen molar-refractivity contribution in [1.29, 1.82) is 0 Å². The first-order valence-electron chi connectivity index (χ1n) is 4.49. The topological polar surface area (TPSA) is 82.5 Å². The lowest BCUT2D eigenvalue weighted by Gasteiger charge is -2.02. The smallest absolute Gasteiger partial charge is 0.342 e. The maximum atomic E-state index is 11.5. The van der Waals surface area contributed by atoms with Crippen LogP contribution in [0.15, 0.2) is 18.5 Å². The second kappa shape index (κ2) is 3.56. The number of aromatic nitrogens is 3. The zero-order valence-corrected chi connectivity index (χ0v) is 8.17. The number of nitrogens with two attached hydrogens (primary N) is 1. The molecule has 0 atom stereocenters.